The van der Waals surface area contributed by atoms with Crippen LogP contribution >= 0.6 is 0 Å². The van der Waals surface area contributed by atoms with Gasteiger partial charge in [0.25, 0.3) is 0 Å². The average Bonchev–Trinajstić information content (AvgIpc) is 3.25. The van der Waals surface area contributed by atoms with E-state index in [-0.39, 0.29) is 6.04 Å². The van der Waals surface area contributed by atoms with Gasteiger partial charge in [0.15, 0.2) is 0 Å². The third-order valence-corrected chi connectivity index (χ3v) is 5.65. The number of rotatable bonds is 1. The van der Waals surface area contributed by atoms with Crippen LogP contribution in [0.1, 0.15) is 25.3 Å². The number of aromatic nitrogens is 1. The monoisotopic (exact) mass is 290 g/mol. The molecule has 5 rings (SSSR count). The van der Waals surface area contributed by atoms with Gasteiger partial charge in [0.05, 0.1) is 11.8 Å². The fourth-order valence-corrected chi connectivity index (χ4v) is 4.79. The zero-order valence-corrected chi connectivity index (χ0v) is 12.3. The molecule has 2 saturated carbocycles. The Morgan fingerprint density at radius 2 is 1.55 bits per heavy atom. The SMILES string of the molecule is ON=C1C2CCC(C2)C1n1c2ccccc2c2ccccc21. The molecule has 1 aromatic heterocycles. The molecule has 2 fully saturated rings. The molecule has 3 heteroatoms. The van der Waals surface area contributed by atoms with Gasteiger partial charge in [-0.1, -0.05) is 41.6 Å². The van der Waals surface area contributed by atoms with Crippen LogP contribution in [0.25, 0.3) is 21.8 Å². The van der Waals surface area contributed by atoms with Crippen molar-refractivity contribution in [3.05, 3.63) is 48.5 Å². The summed E-state index contributed by atoms with van der Waals surface area (Å²) < 4.78 is 2.42. The van der Waals surface area contributed by atoms with E-state index in [4.69, 9.17) is 0 Å². The van der Waals surface area contributed by atoms with Crippen molar-refractivity contribution >= 4 is 27.5 Å². The second-order valence-corrected chi connectivity index (χ2v) is 6.64. The normalized spacial score (nSPS) is 29.1. The van der Waals surface area contributed by atoms with Crippen LogP contribution in [0.15, 0.2) is 53.7 Å². The quantitative estimate of drug-likeness (QED) is 0.516. The molecular weight excluding hydrogens is 272 g/mol. The molecule has 2 aliphatic rings. The van der Waals surface area contributed by atoms with E-state index in [1.807, 2.05) is 0 Å². The average molecular weight is 290 g/mol. The Morgan fingerprint density at radius 3 is 2.18 bits per heavy atom. The van der Waals surface area contributed by atoms with Crippen LogP contribution in [0.3, 0.4) is 0 Å². The maximum Gasteiger partial charge on any atom is 0.0832 e. The van der Waals surface area contributed by atoms with E-state index in [1.54, 1.807) is 0 Å². The summed E-state index contributed by atoms with van der Waals surface area (Å²) in [5.74, 6) is 1.08. The van der Waals surface area contributed by atoms with Crippen molar-refractivity contribution in [2.24, 2.45) is 17.0 Å². The van der Waals surface area contributed by atoms with Gasteiger partial charge in [-0.25, -0.2) is 0 Å². The number of benzene rings is 2. The maximum absolute atomic E-state index is 9.58. The van der Waals surface area contributed by atoms with Crippen LogP contribution in [0.4, 0.5) is 0 Å². The standard InChI is InChI=1S/C19H18N2O/c22-20-18-12-9-10-13(11-12)19(18)21-16-7-3-1-5-14(16)15-6-2-4-8-17(15)21/h1-8,12-13,19,22H,9-11H2. The van der Waals surface area contributed by atoms with Crippen molar-refractivity contribution in [2.75, 3.05) is 0 Å². The van der Waals surface area contributed by atoms with Crippen molar-refractivity contribution in [1.29, 1.82) is 0 Å². The summed E-state index contributed by atoms with van der Waals surface area (Å²) in [6, 6.07) is 17.4. The third-order valence-electron chi connectivity index (χ3n) is 5.65. The Labute approximate surface area is 128 Å². The lowest BCUT2D eigenvalue weighted by atomic mass is 9.93. The molecule has 0 saturated heterocycles. The highest BCUT2D eigenvalue weighted by Crippen LogP contribution is 2.51. The maximum atomic E-state index is 9.58. The van der Waals surface area contributed by atoms with Gasteiger partial charge in [-0.2, -0.15) is 0 Å². The fraction of sp³-hybridized carbons (Fsp3) is 0.316. The molecule has 3 unspecified atom stereocenters. The van der Waals surface area contributed by atoms with Gasteiger partial charge < -0.3 is 9.77 Å². The summed E-state index contributed by atoms with van der Waals surface area (Å²) in [7, 11) is 0. The summed E-state index contributed by atoms with van der Waals surface area (Å²) in [5, 5.41) is 15.9. The number of oxime groups is 1. The zero-order chi connectivity index (χ0) is 14.7. The molecule has 0 radical (unpaired) electrons. The van der Waals surface area contributed by atoms with Crippen LogP contribution in [0.5, 0.6) is 0 Å². The van der Waals surface area contributed by atoms with Crippen LogP contribution < -0.4 is 0 Å². The first kappa shape index (κ1) is 12.3. The zero-order valence-electron chi connectivity index (χ0n) is 12.3. The third kappa shape index (κ3) is 1.43. The molecule has 3 aromatic rings. The molecule has 2 aromatic carbocycles. The molecule has 3 nitrogen and oxygen atoms in total. The van der Waals surface area contributed by atoms with Crippen molar-refractivity contribution in [3.8, 4) is 0 Å². The lowest BCUT2D eigenvalue weighted by Gasteiger charge is -2.26. The fourth-order valence-electron chi connectivity index (χ4n) is 4.79. The summed E-state index contributed by atoms with van der Waals surface area (Å²) in [5.41, 5.74) is 3.49. The topological polar surface area (TPSA) is 37.5 Å². The number of nitrogens with zero attached hydrogens (tertiary/aromatic N) is 2. The van der Waals surface area contributed by atoms with Crippen molar-refractivity contribution in [2.45, 2.75) is 25.3 Å². The summed E-state index contributed by atoms with van der Waals surface area (Å²) in [6.45, 7) is 0. The first-order chi connectivity index (χ1) is 10.9. The second-order valence-electron chi connectivity index (χ2n) is 6.64. The number of para-hydroxylation sites is 2. The minimum Gasteiger partial charge on any atom is -0.411 e. The van der Waals surface area contributed by atoms with E-state index in [2.05, 4.69) is 58.3 Å². The molecule has 0 amide bonds. The molecule has 0 spiro atoms. The molecule has 2 bridgehead atoms. The van der Waals surface area contributed by atoms with E-state index < -0.39 is 0 Å². The summed E-state index contributed by atoms with van der Waals surface area (Å²) in [4.78, 5) is 0. The Bertz CT molecular complexity index is 855. The highest BCUT2D eigenvalue weighted by molar-refractivity contribution is 6.09. The number of hydrogen-bond donors (Lipinski definition) is 1. The van der Waals surface area contributed by atoms with Gasteiger partial charge in [0.2, 0.25) is 0 Å². The minimum atomic E-state index is 0.216. The van der Waals surface area contributed by atoms with Gasteiger partial charge in [-0.05, 0) is 37.3 Å². The molecule has 3 atom stereocenters. The van der Waals surface area contributed by atoms with E-state index in [9.17, 15) is 5.21 Å². The van der Waals surface area contributed by atoms with Gasteiger partial charge in [0, 0.05) is 27.7 Å². The number of hydrogen-bond acceptors (Lipinski definition) is 2. The van der Waals surface area contributed by atoms with E-state index in [0.717, 1.165) is 5.71 Å². The highest BCUT2D eigenvalue weighted by atomic mass is 16.4. The molecular formula is C19H18N2O. The van der Waals surface area contributed by atoms with E-state index >= 15 is 0 Å². The lowest BCUT2D eigenvalue weighted by molar-refractivity contribution is 0.308. The van der Waals surface area contributed by atoms with Gasteiger partial charge in [0.1, 0.15) is 0 Å². The molecule has 2 aliphatic carbocycles. The van der Waals surface area contributed by atoms with Crippen LogP contribution in [0, 0.1) is 11.8 Å². The molecule has 0 aliphatic heterocycles. The summed E-state index contributed by atoms with van der Waals surface area (Å²) >= 11 is 0. The highest BCUT2D eigenvalue weighted by Gasteiger charge is 2.47. The lowest BCUT2D eigenvalue weighted by Crippen LogP contribution is -2.25. The van der Waals surface area contributed by atoms with Gasteiger partial charge >= 0.3 is 0 Å². The first-order valence-electron chi connectivity index (χ1n) is 8.08. The van der Waals surface area contributed by atoms with Crippen LogP contribution in [0.2, 0.25) is 0 Å². The molecule has 1 heterocycles. The Morgan fingerprint density at radius 1 is 0.909 bits per heavy atom. The largest absolute Gasteiger partial charge is 0.411 e. The van der Waals surface area contributed by atoms with E-state index in [1.165, 1.54) is 41.1 Å². The van der Waals surface area contributed by atoms with Crippen LogP contribution in [-0.4, -0.2) is 15.5 Å². The smallest absolute Gasteiger partial charge is 0.0832 e. The summed E-state index contributed by atoms with van der Waals surface area (Å²) in [6.07, 6.45) is 3.60. The predicted octanol–water partition coefficient (Wildman–Crippen LogP) is 4.60. The Kier molecular flexibility index (Phi) is 2.43. The van der Waals surface area contributed by atoms with E-state index in [0.29, 0.717) is 11.8 Å². The van der Waals surface area contributed by atoms with Crippen molar-refractivity contribution < 1.29 is 5.21 Å². The number of fused-ring (bicyclic) bond motifs is 5. The minimum absolute atomic E-state index is 0.216. The van der Waals surface area contributed by atoms with Gasteiger partial charge in [-0.3, -0.25) is 0 Å². The Hall–Kier alpha value is -2.29. The molecule has 110 valence electrons. The second kappa shape index (κ2) is 4.35. The van der Waals surface area contributed by atoms with Gasteiger partial charge in [-0.15, -0.1) is 0 Å². The van der Waals surface area contributed by atoms with Crippen LogP contribution in [-0.2, 0) is 0 Å². The van der Waals surface area contributed by atoms with Crippen molar-refractivity contribution in [3.63, 3.8) is 0 Å². The van der Waals surface area contributed by atoms with Crippen molar-refractivity contribution in [1.82, 2.24) is 4.57 Å². The molecule has 22 heavy (non-hydrogen) atoms. The predicted molar refractivity (Wildman–Crippen MR) is 88.5 cm³/mol. The molecule has 1 N–H and O–H groups in total. The first-order valence-corrected chi connectivity index (χ1v) is 8.08. The Balaban J connectivity index is 1.87.